The maximum absolute atomic E-state index is 12.2. The largest absolute Gasteiger partial charge is 0.497 e. The van der Waals surface area contributed by atoms with Crippen molar-refractivity contribution in [3.63, 3.8) is 0 Å². The van der Waals surface area contributed by atoms with Gasteiger partial charge < -0.3 is 10.1 Å². The lowest BCUT2D eigenvalue weighted by molar-refractivity contribution is -0.113. The summed E-state index contributed by atoms with van der Waals surface area (Å²) in [4.78, 5) is 17.9. The molecule has 0 aliphatic carbocycles. The highest BCUT2D eigenvalue weighted by Crippen LogP contribution is 2.35. The number of ether oxygens (including phenoxy) is 1. The summed E-state index contributed by atoms with van der Waals surface area (Å²) in [7, 11) is 1.64. The van der Waals surface area contributed by atoms with Crippen LogP contribution in [0, 0.1) is 6.92 Å². The number of nitrogens with one attached hydrogen (secondary N) is 1. The normalized spacial score (nSPS) is 10.8. The van der Waals surface area contributed by atoms with E-state index < -0.39 is 0 Å². The molecule has 0 fully saturated rings. The van der Waals surface area contributed by atoms with Crippen molar-refractivity contribution in [2.45, 2.75) is 11.9 Å². The lowest BCUT2D eigenvalue weighted by Crippen LogP contribution is -2.14. The Kier molecular flexibility index (Phi) is 7.49. The Balaban J connectivity index is 1.40. The van der Waals surface area contributed by atoms with Gasteiger partial charge in [0.25, 0.3) is 0 Å². The molecular formula is C23H18Cl2N4O2S2. The number of hydrogen-bond acceptors (Lipinski definition) is 7. The number of benzene rings is 2. The molecule has 0 spiro atoms. The molecule has 2 aromatic heterocycles. The van der Waals surface area contributed by atoms with E-state index in [0.717, 1.165) is 32.6 Å². The van der Waals surface area contributed by atoms with E-state index in [2.05, 4.69) is 20.5 Å². The number of carbonyl (C=O) groups excluding carboxylic acids is 1. The number of amides is 1. The molecule has 1 amide bonds. The van der Waals surface area contributed by atoms with Crippen molar-refractivity contribution in [2.75, 3.05) is 18.2 Å². The van der Waals surface area contributed by atoms with Crippen molar-refractivity contribution < 1.29 is 9.53 Å². The lowest BCUT2D eigenvalue weighted by Gasteiger charge is -2.06. The molecule has 1 N–H and O–H groups in total. The second-order valence-electron chi connectivity index (χ2n) is 6.91. The molecule has 33 heavy (non-hydrogen) atoms. The van der Waals surface area contributed by atoms with E-state index in [-0.39, 0.29) is 11.7 Å². The Morgan fingerprint density at radius 3 is 2.42 bits per heavy atom. The van der Waals surface area contributed by atoms with Gasteiger partial charge in [-0.2, -0.15) is 0 Å². The fraction of sp³-hybridized carbons (Fsp3) is 0.130. The number of nitrogens with zero attached hydrogens (tertiary/aromatic N) is 3. The van der Waals surface area contributed by atoms with Crippen LogP contribution in [0.4, 0.5) is 5.69 Å². The summed E-state index contributed by atoms with van der Waals surface area (Å²) in [5, 5.41) is 13.8. The third-order valence-corrected chi connectivity index (χ3v) is 7.09. The van der Waals surface area contributed by atoms with Gasteiger partial charge in [0.2, 0.25) is 5.91 Å². The zero-order chi connectivity index (χ0) is 23.4. The van der Waals surface area contributed by atoms with Gasteiger partial charge in [-0.05, 0) is 61.5 Å². The van der Waals surface area contributed by atoms with Gasteiger partial charge in [0, 0.05) is 21.3 Å². The fourth-order valence-corrected chi connectivity index (χ4v) is 5.15. The zero-order valence-electron chi connectivity index (χ0n) is 17.6. The molecule has 0 saturated heterocycles. The number of halogens is 2. The Morgan fingerprint density at radius 2 is 1.79 bits per heavy atom. The Labute approximate surface area is 209 Å². The number of anilines is 1. The number of aryl methyl sites for hydroxylation is 1. The maximum Gasteiger partial charge on any atom is 0.234 e. The summed E-state index contributed by atoms with van der Waals surface area (Å²) < 4.78 is 5.22. The van der Waals surface area contributed by atoms with Crippen molar-refractivity contribution in [1.29, 1.82) is 0 Å². The highest BCUT2D eigenvalue weighted by molar-refractivity contribution is 7.99. The predicted octanol–water partition coefficient (Wildman–Crippen LogP) is 6.62. The summed E-state index contributed by atoms with van der Waals surface area (Å²) >= 11 is 14.8. The van der Waals surface area contributed by atoms with Crippen molar-refractivity contribution in [3.05, 3.63) is 70.3 Å². The third kappa shape index (κ3) is 6.03. The van der Waals surface area contributed by atoms with Gasteiger partial charge in [-0.1, -0.05) is 35.0 Å². The molecule has 10 heteroatoms. The van der Waals surface area contributed by atoms with Crippen LogP contribution in [-0.4, -0.2) is 34.0 Å². The van der Waals surface area contributed by atoms with Gasteiger partial charge in [0.05, 0.1) is 23.4 Å². The number of rotatable bonds is 7. The standard InChI is InChI=1S/C23H18Cl2N4O2S2/c1-13-22(33-23(26-13)14-3-5-18(31-2)6-4-14)19-7-8-21(29-28-19)32-12-20(30)27-17-10-15(24)9-16(25)11-17/h3-11H,12H2,1-2H3,(H,27,30). The quantitative estimate of drug-likeness (QED) is 0.278. The van der Waals surface area contributed by atoms with Crippen LogP contribution in [0.2, 0.25) is 10.0 Å². The monoisotopic (exact) mass is 516 g/mol. The minimum absolute atomic E-state index is 0.180. The maximum atomic E-state index is 12.2. The van der Waals surface area contributed by atoms with Gasteiger partial charge in [0.1, 0.15) is 21.5 Å². The first-order valence-corrected chi connectivity index (χ1v) is 12.3. The number of thioether (sulfide) groups is 1. The van der Waals surface area contributed by atoms with Crippen LogP contribution < -0.4 is 10.1 Å². The van der Waals surface area contributed by atoms with Crippen molar-refractivity contribution in [1.82, 2.24) is 15.2 Å². The summed E-state index contributed by atoms with van der Waals surface area (Å²) in [5.74, 6) is 0.794. The van der Waals surface area contributed by atoms with E-state index in [1.807, 2.05) is 43.3 Å². The first kappa shape index (κ1) is 23.5. The summed E-state index contributed by atoms with van der Waals surface area (Å²) in [5.41, 5.74) is 3.20. The van der Waals surface area contributed by atoms with Gasteiger partial charge in [0.15, 0.2) is 0 Å². The second-order valence-corrected chi connectivity index (χ2v) is 9.78. The molecule has 0 bridgehead atoms. The molecule has 2 heterocycles. The van der Waals surface area contributed by atoms with Crippen LogP contribution in [-0.2, 0) is 4.79 Å². The summed E-state index contributed by atoms with van der Waals surface area (Å²) in [6.45, 7) is 1.95. The van der Waals surface area contributed by atoms with E-state index in [0.29, 0.717) is 20.8 Å². The lowest BCUT2D eigenvalue weighted by atomic mass is 10.2. The van der Waals surface area contributed by atoms with E-state index >= 15 is 0 Å². The highest BCUT2D eigenvalue weighted by atomic mass is 35.5. The Hall–Kier alpha value is -2.65. The molecule has 168 valence electrons. The van der Waals surface area contributed by atoms with E-state index in [1.54, 1.807) is 36.6 Å². The molecule has 4 rings (SSSR count). The van der Waals surface area contributed by atoms with Crippen molar-refractivity contribution in [2.24, 2.45) is 0 Å². The zero-order valence-corrected chi connectivity index (χ0v) is 20.8. The Bertz CT molecular complexity index is 1260. The average Bonchev–Trinajstić information content (AvgIpc) is 3.19. The van der Waals surface area contributed by atoms with Gasteiger partial charge >= 0.3 is 0 Å². The van der Waals surface area contributed by atoms with Crippen LogP contribution in [0.25, 0.3) is 21.1 Å². The third-order valence-electron chi connectivity index (χ3n) is 4.50. The second kappa shape index (κ2) is 10.5. The molecule has 2 aromatic carbocycles. The van der Waals surface area contributed by atoms with E-state index in [1.165, 1.54) is 11.8 Å². The SMILES string of the molecule is COc1ccc(-c2nc(C)c(-c3ccc(SCC(=O)Nc4cc(Cl)cc(Cl)c4)nn3)s2)cc1. The molecule has 0 aliphatic rings. The minimum atomic E-state index is -0.188. The van der Waals surface area contributed by atoms with Crippen LogP contribution >= 0.6 is 46.3 Å². The van der Waals surface area contributed by atoms with Crippen LogP contribution in [0.5, 0.6) is 5.75 Å². The van der Waals surface area contributed by atoms with Crippen molar-refractivity contribution in [3.8, 4) is 26.9 Å². The summed E-state index contributed by atoms with van der Waals surface area (Å²) in [6.07, 6.45) is 0. The summed E-state index contributed by atoms with van der Waals surface area (Å²) in [6, 6.07) is 16.4. The van der Waals surface area contributed by atoms with Gasteiger partial charge in [-0.3, -0.25) is 4.79 Å². The van der Waals surface area contributed by atoms with E-state index in [9.17, 15) is 4.79 Å². The van der Waals surface area contributed by atoms with Crippen LogP contribution in [0.1, 0.15) is 5.69 Å². The van der Waals surface area contributed by atoms with E-state index in [4.69, 9.17) is 27.9 Å². The van der Waals surface area contributed by atoms with Crippen LogP contribution in [0.3, 0.4) is 0 Å². The number of aromatic nitrogens is 3. The topological polar surface area (TPSA) is 77.0 Å². The molecular weight excluding hydrogens is 499 g/mol. The molecule has 0 aliphatic heterocycles. The van der Waals surface area contributed by atoms with Gasteiger partial charge in [-0.15, -0.1) is 21.5 Å². The number of methoxy groups -OCH3 is 1. The molecule has 4 aromatic rings. The smallest absolute Gasteiger partial charge is 0.234 e. The van der Waals surface area contributed by atoms with Crippen molar-refractivity contribution >= 4 is 57.9 Å². The molecule has 0 atom stereocenters. The number of hydrogen-bond donors (Lipinski definition) is 1. The number of thiazole rings is 1. The predicted molar refractivity (Wildman–Crippen MR) is 136 cm³/mol. The average molecular weight is 517 g/mol. The minimum Gasteiger partial charge on any atom is -0.497 e. The van der Waals surface area contributed by atoms with Gasteiger partial charge in [-0.25, -0.2) is 4.98 Å². The molecule has 0 unspecified atom stereocenters. The first-order chi connectivity index (χ1) is 15.9. The highest BCUT2D eigenvalue weighted by Gasteiger charge is 2.14. The van der Waals surface area contributed by atoms with Crippen LogP contribution in [0.15, 0.2) is 59.6 Å². The molecule has 0 saturated carbocycles. The number of carbonyl (C=O) groups is 1. The molecule has 0 radical (unpaired) electrons. The first-order valence-electron chi connectivity index (χ1n) is 9.76. The fourth-order valence-electron chi connectivity index (χ4n) is 2.97. The molecule has 6 nitrogen and oxygen atoms in total. The Morgan fingerprint density at radius 1 is 1.06 bits per heavy atom.